The topological polar surface area (TPSA) is 109 Å². The average Bonchev–Trinajstić information content (AvgIpc) is 2.75. The van der Waals surface area contributed by atoms with Crippen molar-refractivity contribution >= 4 is 28.6 Å². The molecule has 0 aromatic heterocycles. The molecule has 2 amide bonds. The number of hydrogen-bond donors (Lipinski definition) is 3. The molecule has 0 spiro atoms. The molecule has 6 nitrogen and oxygen atoms in total. The van der Waals surface area contributed by atoms with Gasteiger partial charge in [0.1, 0.15) is 0 Å². The number of aryl methyl sites for hydroxylation is 1. The van der Waals surface area contributed by atoms with Crippen molar-refractivity contribution in [2.75, 3.05) is 11.1 Å². The summed E-state index contributed by atoms with van der Waals surface area (Å²) >= 11 is -2.10. The van der Waals surface area contributed by atoms with Gasteiger partial charge in [0.25, 0.3) is 5.91 Å². The number of anilines is 1. The second-order valence-electron chi connectivity index (χ2n) is 7.99. The van der Waals surface area contributed by atoms with Gasteiger partial charge in [0.05, 0.1) is 11.1 Å². The zero-order valence-electron chi connectivity index (χ0n) is 18.8. The average molecular weight is 542 g/mol. The molecule has 0 fully saturated rings. The third kappa shape index (κ3) is 5.86. The number of hydrogen-bond acceptors (Lipinski definition) is 3. The van der Waals surface area contributed by atoms with E-state index in [1.54, 1.807) is 6.92 Å². The maximum Gasteiger partial charge on any atom is 0.435 e. The standard InChI is InChI=1S/C22H21F7N2O4S/c1-11(8-9-36(34)35)14-4-3-5-15(17(14)18(30)32)19(33)31-16-7-6-13(10-12(16)2)20(23,21(24,25)26)22(27,28)29/h3-7,10-11H,8-9H2,1-2H3,(H2,30,32)(H,31,33)(H,34,35)/t11-/m0/s1. The third-order valence-electron chi connectivity index (χ3n) is 5.50. The lowest BCUT2D eigenvalue weighted by Crippen LogP contribution is -2.50. The second kappa shape index (κ2) is 10.5. The molecule has 0 radical (unpaired) electrons. The maximum atomic E-state index is 14.3. The van der Waals surface area contributed by atoms with Gasteiger partial charge in [-0.15, -0.1) is 0 Å². The largest absolute Gasteiger partial charge is 0.435 e. The van der Waals surface area contributed by atoms with Crippen LogP contribution in [0.1, 0.15) is 56.7 Å². The van der Waals surface area contributed by atoms with Gasteiger partial charge in [-0.1, -0.05) is 31.2 Å². The SMILES string of the molecule is Cc1cc(C(F)(C(F)(F)F)C(F)(F)F)ccc1NC(=O)c1cccc([C@@H](C)CCS(=O)O)c1C(N)=O. The third-order valence-corrected chi connectivity index (χ3v) is 6.08. The fraction of sp³-hybridized carbons (Fsp3) is 0.364. The van der Waals surface area contributed by atoms with Gasteiger partial charge in [-0.3, -0.25) is 9.59 Å². The summed E-state index contributed by atoms with van der Waals surface area (Å²) < 4.78 is 112. The van der Waals surface area contributed by atoms with Gasteiger partial charge in [-0.05, 0) is 42.5 Å². The molecule has 0 aliphatic rings. The molecule has 0 saturated carbocycles. The van der Waals surface area contributed by atoms with Gasteiger partial charge in [0.15, 0.2) is 11.1 Å². The molecular weight excluding hydrogens is 521 g/mol. The summed E-state index contributed by atoms with van der Waals surface area (Å²) in [4.78, 5) is 25.0. The highest BCUT2D eigenvalue weighted by Gasteiger charge is 2.73. The van der Waals surface area contributed by atoms with E-state index in [1.165, 1.54) is 18.2 Å². The Morgan fingerprint density at radius 2 is 1.64 bits per heavy atom. The molecule has 0 aliphatic heterocycles. The maximum absolute atomic E-state index is 14.3. The Bertz CT molecular complexity index is 1170. The summed E-state index contributed by atoms with van der Waals surface area (Å²) in [6.45, 7) is 2.69. The van der Waals surface area contributed by atoms with Crippen molar-refractivity contribution < 1.29 is 49.1 Å². The van der Waals surface area contributed by atoms with Crippen LogP contribution in [-0.2, 0) is 16.7 Å². The summed E-state index contributed by atoms with van der Waals surface area (Å²) in [6, 6.07) is 5.37. The molecule has 4 N–H and O–H groups in total. The first-order chi connectivity index (χ1) is 16.4. The Morgan fingerprint density at radius 3 is 2.11 bits per heavy atom. The smallest absolute Gasteiger partial charge is 0.366 e. The van der Waals surface area contributed by atoms with Crippen molar-refractivity contribution in [3.05, 3.63) is 64.2 Å². The quantitative estimate of drug-likeness (QED) is 0.309. The van der Waals surface area contributed by atoms with Crippen LogP contribution in [0.5, 0.6) is 0 Å². The van der Waals surface area contributed by atoms with Crippen LogP contribution in [0.2, 0.25) is 0 Å². The second-order valence-corrected chi connectivity index (χ2v) is 9.04. The van der Waals surface area contributed by atoms with E-state index in [-0.39, 0.29) is 40.6 Å². The molecule has 198 valence electrons. The van der Waals surface area contributed by atoms with E-state index in [0.717, 1.165) is 6.92 Å². The van der Waals surface area contributed by atoms with Crippen LogP contribution in [0.15, 0.2) is 36.4 Å². The molecule has 1 unspecified atom stereocenters. The first-order valence-electron chi connectivity index (χ1n) is 10.2. The van der Waals surface area contributed by atoms with Crippen LogP contribution >= 0.6 is 0 Å². The van der Waals surface area contributed by atoms with Gasteiger partial charge in [0.2, 0.25) is 5.91 Å². The highest BCUT2D eigenvalue weighted by Crippen LogP contribution is 2.53. The molecule has 36 heavy (non-hydrogen) atoms. The number of nitrogens with two attached hydrogens (primary N) is 1. The molecular formula is C22H21F7N2O4S. The minimum Gasteiger partial charge on any atom is -0.366 e. The van der Waals surface area contributed by atoms with Crippen LogP contribution < -0.4 is 11.1 Å². The Hall–Kier alpha value is -3.00. The molecule has 2 rings (SSSR count). The number of primary amides is 1. The van der Waals surface area contributed by atoms with Crippen LogP contribution in [0.4, 0.5) is 36.4 Å². The lowest BCUT2D eigenvalue weighted by Gasteiger charge is -2.30. The first kappa shape index (κ1) is 29.2. The monoisotopic (exact) mass is 542 g/mol. The van der Waals surface area contributed by atoms with Crippen molar-refractivity contribution in [3.8, 4) is 0 Å². The van der Waals surface area contributed by atoms with E-state index in [2.05, 4.69) is 5.32 Å². The Balaban J connectivity index is 2.45. The lowest BCUT2D eigenvalue weighted by atomic mass is 9.89. The molecule has 0 bridgehead atoms. The number of carbonyl (C=O) groups is 2. The highest BCUT2D eigenvalue weighted by molar-refractivity contribution is 7.79. The van der Waals surface area contributed by atoms with Crippen molar-refractivity contribution in [2.45, 2.75) is 44.2 Å². The number of benzene rings is 2. The lowest BCUT2D eigenvalue weighted by molar-refractivity contribution is -0.348. The Labute approximate surface area is 203 Å². The first-order valence-corrected chi connectivity index (χ1v) is 11.4. The van der Waals surface area contributed by atoms with Crippen LogP contribution in [-0.4, -0.2) is 38.7 Å². The van der Waals surface area contributed by atoms with E-state index in [0.29, 0.717) is 17.7 Å². The summed E-state index contributed by atoms with van der Waals surface area (Å²) in [5.74, 6) is -2.55. The van der Waals surface area contributed by atoms with Gasteiger partial charge in [-0.25, -0.2) is 8.60 Å². The number of carbonyl (C=O) groups excluding carboxylic acids is 2. The van der Waals surface area contributed by atoms with Gasteiger partial charge < -0.3 is 15.6 Å². The molecule has 0 aliphatic carbocycles. The van der Waals surface area contributed by atoms with Gasteiger partial charge in [-0.2, -0.15) is 26.3 Å². The molecule has 0 saturated heterocycles. The summed E-state index contributed by atoms with van der Waals surface area (Å²) in [7, 11) is 0. The predicted molar refractivity (Wildman–Crippen MR) is 118 cm³/mol. The van der Waals surface area contributed by atoms with Crippen molar-refractivity contribution in [3.63, 3.8) is 0 Å². The fourth-order valence-corrected chi connectivity index (χ4v) is 4.13. The fourth-order valence-electron chi connectivity index (χ4n) is 3.57. The summed E-state index contributed by atoms with van der Waals surface area (Å²) in [6.07, 6.45) is -12.4. The zero-order chi connectivity index (χ0) is 27.6. The summed E-state index contributed by atoms with van der Waals surface area (Å²) in [5, 5.41) is 2.27. The van der Waals surface area contributed by atoms with E-state index in [9.17, 15) is 44.5 Å². The van der Waals surface area contributed by atoms with E-state index < -0.39 is 52.4 Å². The normalized spacial score (nSPS) is 14.3. The molecule has 0 heterocycles. The van der Waals surface area contributed by atoms with Gasteiger partial charge in [0, 0.05) is 17.0 Å². The van der Waals surface area contributed by atoms with Crippen molar-refractivity contribution in [1.29, 1.82) is 0 Å². The van der Waals surface area contributed by atoms with Crippen LogP contribution in [0, 0.1) is 6.92 Å². The Kier molecular flexibility index (Phi) is 8.56. The highest BCUT2D eigenvalue weighted by atomic mass is 32.2. The van der Waals surface area contributed by atoms with E-state index >= 15 is 0 Å². The Morgan fingerprint density at radius 1 is 1.06 bits per heavy atom. The molecule has 2 atom stereocenters. The number of alkyl halides is 7. The van der Waals surface area contributed by atoms with E-state index in [1.807, 2.05) is 0 Å². The predicted octanol–water partition coefficient (Wildman–Crippen LogP) is 5.35. The number of amides is 2. The molecule has 14 heteroatoms. The number of rotatable bonds is 8. The molecule has 2 aromatic carbocycles. The summed E-state index contributed by atoms with van der Waals surface area (Å²) in [5.41, 5.74) is -2.62. The van der Waals surface area contributed by atoms with Crippen molar-refractivity contribution in [2.24, 2.45) is 5.73 Å². The molecule has 2 aromatic rings. The minimum absolute atomic E-state index is 0.118. The van der Waals surface area contributed by atoms with Crippen molar-refractivity contribution in [1.82, 2.24) is 0 Å². The minimum atomic E-state index is -6.29. The number of halogens is 7. The van der Waals surface area contributed by atoms with Crippen LogP contribution in [0.3, 0.4) is 0 Å². The zero-order valence-corrected chi connectivity index (χ0v) is 19.6. The van der Waals surface area contributed by atoms with Gasteiger partial charge >= 0.3 is 18.0 Å². The van der Waals surface area contributed by atoms with E-state index in [4.69, 9.17) is 10.3 Å². The van der Waals surface area contributed by atoms with Crippen LogP contribution in [0.25, 0.3) is 0 Å². The number of nitrogens with one attached hydrogen (secondary N) is 1.